The zero-order valence-electron chi connectivity index (χ0n) is 32.6. The summed E-state index contributed by atoms with van der Waals surface area (Å²) in [4.78, 5) is 60.7. The molecule has 0 fully saturated rings. The molecule has 11 nitrogen and oxygen atoms in total. The van der Waals surface area contributed by atoms with Gasteiger partial charge in [0.1, 0.15) is 17.2 Å². The van der Waals surface area contributed by atoms with Crippen LogP contribution in [-0.4, -0.2) is 49.7 Å². The maximum Gasteiger partial charge on any atom is 0.343 e. The fourth-order valence-electron chi connectivity index (χ4n) is 4.89. The van der Waals surface area contributed by atoms with Gasteiger partial charge in [-0.2, -0.15) is 0 Å². The Morgan fingerprint density at radius 3 is 1.79 bits per heavy atom. The highest BCUT2D eigenvalue weighted by molar-refractivity contribution is 5.92. The number of carbonyl (C=O) groups excluding carboxylic acids is 5. The van der Waals surface area contributed by atoms with Gasteiger partial charge in [0.15, 0.2) is 11.6 Å². The lowest BCUT2D eigenvalue weighted by Crippen LogP contribution is -2.23. The van der Waals surface area contributed by atoms with E-state index in [1.165, 1.54) is 75.4 Å². The SMILES string of the molecule is C=C(C)C(=O)OCC(CCOc1ccc(-c2ccc(/C=C/C(=O)Oc3ccc(OC(=O)c4ccc(OC(=O)C(=C)C)cc4)cc3C)cc2)cc1F)COC(=O)C(=C)C. The van der Waals surface area contributed by atoms with Crippen molar-refractivity contribution in [3.63, 3.8) is 0 Å². The van der Waals surface area contributed by atoms with Crippen LogP contribution in [0.4, 0.5) is 4.39 Å². The molecule has 58 heavy (non-hydrogen) atoms. The first kappa shape index (κ1) is 43.6. The van der Waals surface area contributed by atoms with Crippen LogP contribution >= 0.6 is 0 Å². The highest BCUT2D eigenvalue weighted by Crippen LogP contribution is 2.28. The molecule has 4 rings (SSSR count). The monoisotopic (exact) mass is 790 g/mol. The first-order chi connectivity index (χ1) is 27.6. The smallest absolute Gasteiger partial charge is 0.343 e. The van der Waals surface area contributed by atoms with Crippen molar-refractivity contribution in [3.8, 4) is 34.1 Å². The molecule has 4 aromatic rings. The van der Waals surface area contributed by atoms with Crippen molar-refractivity contribution in [2.24, 2.45) is 5.92 Å². The molecule has 0 aromatic heterocycles. The molecular formula is C46H43FO11. The van der Waals surface area contributed by atoms with Gasteiger partial charge in [0, 0.05) is 28.7 Å². The molecule has 0 radical (unpaired) electrons. The van der Waals surface area contributed by atoms with Crippen LogP contribution in [0.5, 0.6) is 23.0 Å². The number of ether oxygens (including phenoxy) is 6. The summed E-state index contributed by atoms with van der Waals surface area (Å²) in [6.45, 7) is 16.9. The number of carbonyl (C=O) groups is 5. The van der Waals surface area contributed by atoms with Crippen LogP contribution in [0, 0.1) is 18.7 Å². The standard InChI is InChI=1S/C46H43FO11/c1-28(2)43(49)54-26-33(27-55-44(50)29(3)4)22-23-53-41-19-15-36(25-39(41)47)34-11-8-32(9-12-34)10-21-42(48)58-40-20-18-38(24-31(40)7)57-46(52)35-13-16-37(17-14-35)56-45(51)30(5)6/h8-21,24-25,33H,1,3,5,22-23,26-27H2,2,4,6-7H3/b21-10+. The Morgan fingerprint density at radius 1 is 0.655 bits per heavy atom. The first-order valence-corrected chi connectivity index (χ1v) is 18.0. The van der Waals surface area contributed by atoms with Gasteiger partial charge in [0.2, 0.25) is 0 Å². The summed E-state index contributed by atoms with van der Waals surface area (Å²) in [6, 6.07) is 22.1. The van der Waals surface area contributed by atoms with Gasteiger partial charge in [-0.3, -0.25) is 0 Å². The lowest BCUT2D eigenvalue weighted by molar-refractivity contribution is -0.144. The Hall–Kier alpha value is -7.08. The average molecular weight is 791 g/mol. The highest BCUT2D eigenvalue weighted by atomic mass is 19.1. The van der Waals surface area contributed by atoms with E-state index >= 15 is 4.39 Å². The molecule has 0 saturated heterocycles. The number of benzene rings is 4. The van der Waals surface area contributed by atoms with Gasteiger partial charge in [-0.15, -0.1) is 0 Å². The molecule has 0 amide bonds. The van der Waals surface area contributed by atoms with E-state index in [4.69, 9.17) is 28.4 Å². The van der Waals surface area contributed by atoms with E-state index in [0.717, 1.165) is 5.56 Å². The van der Waals surface area contributed by atoms with Gasteiger partial charge >= 0.3 is 29.8 Å². The number of esters is 5. The van der Waals surface area contributed by atoms with Crippen molar-refractivity contribution >= 4 is 35.9 Å². The van der Waals surface area contributed by atoms with Gasteiger partial charge in [-0.05, 0) is 117 Å². The van der Waals surface area contributed by atoms with Crippen LogP contribution in [-0.2, 0) is 28.7 Å². The van der Waals surface area contributed by atoms with Gasteiger partial charge in [-0.1, -0.05) is 50.1 Å². The number of aryl methyl sites for hydroxylation is 1. The minimum absolute atomic E-state index is 0.0247. The Kier molecular flexibility index (Phi) is 15.6. The fraction of sp³-hybridized carbons (Fsp3) is 0.196. The van der Waals surface area contributed by atoms with Crippen LogP contribution in [0.2, 0.25) is 0 Å². The van der Waals surface area contributed by atoms with Crippen molar-refractivity contribution in [1.29, 1.82) is 0 Å². The van der Waals surface area contributed by atoms with E-state index in [9.17, 15) is 24.0 Å². The minimum Gasteiger partial charge on any atom is -0.491 e. The van der Waals surface area contributed by atoms with Crippen molar-refractivity contribution in [1.82, 2.24) is 0 Å². The third-order valence-corrected chi connectivity index (χ3v) is 8.19. The van der Waals surface area contributed by atoms with Crippen molar-refractivity contribution in [3.05, 3.63) is 150 Å². The topological polar surface area (TPSA) is 141 Å². The molecule has 0 spiro atoms. The summed E-state index contributed by atoms with van der Waals surface area (Å²) in [5.74, 6) is -3.18. The molecule has 0 aliphatic heterocycles. The normalized spacial score (nSPS) is 10.7. The molecule has 0 unspecified atom stereocenters. The summed E-state index contributed by atoms with van der Waals surface area (Å²) in [5.41, 5.74) is 3.51. The maximum absolute atomic E-state index is 15.1. The molecule has 4 aromatic carbocycles. The molecular weight excluding hydrogens is 747 g/mol. The number of rotatable bonds is 18. The molecule has 0 saturated carbocycles. The molecule has 0 bridgehead atoms. The van der Waals surface area contributed by atoms with Crippen LogP contribution in [0.15, 0.2) is 127 Å². The van der Waals surface area contributed by atoms with E-state index in [0.29, 0.717) is 23.1 Å². The molecule has 0 N–H and O–H groups in total. The second-order valence-corrected chi connectivity index (χ2v) is 13.3. The maximum atomic E-state index is 15.1. The number of halogens is 1. The first-order valence-electron chi connectivity index (χ1n) is 18.0. The molecule has 12 heteroatoms. The summed E-state index contributed by atoms with van der Waals surface area (Å²) in [6.07, 6.45) is 3.15. The van der Waals surface area contributed by atoms with E-state index in [-0.39, 0.29) is 65.1 Å². The van der Waals surface area contributed by atoms with Gasteiger partial charge in [-0.25, -0.2) is 28.4 Å². The second-order valence-electron chi connectivity index (χ2n) is 13.3. The Balaban J connectivity index is 1.28. The van der Waals surface area contributed by atoms with E-state index in [2.05, 4.69) is 19.7 Å². The molecule has 0 atom stereocenters. The predicted octanol–water partition coefficient (Wildman–Crippen LogP) is 8.74. The minimum atomic E-state index is -0.632. The molecule has 0 aliphatic carbocycles. The van der Waals surface area contributed by atoms with Crippen molar-refractivity contribution < 1.29 is 56.8 Å². The van der Waals surface area contributed by atoms with E-state index < -0.39 is 41.6 Å². The fourth-order valence-corrected chi connectivity index (χ4v) is 4.89. The van der Waals surface area contributed by atoms with Crippen LogP contribution in [0.1, 0.15) is 48.7 Å². The number of hydrogen-bond donors (Lipinski definition) is 0. The summed E-state index contributed by atoms with van der Waals surface area (Å²) in [5, 5.41) is 0. The van der Waals surface area contributed by atoms with Gasteiger partial charge in [0.25, 0.3) is 0 Å². The third kappa shape index (κ3) is 13.3. The van der Waals surface area contributed by atoms with Gasteiger partial charge < -0.3 is 28.4 Å². The lowest BCUT2D eigenvalue weighted by Gasteiger charge is -2.18. The van der Waals surface area contributed by atoms with Crippen LogP contribution in [0.3, 0.4) is 0 Å². The van der Waals surface area contributed by atoms with Crippen molar-refractivity contribution in [2.45, 2.75) is 34.1 Å². The Morgan fingerprint density at radius 2 is 1.22 bits per heavy atom. The van der Waals surface area contributed by atoms with Crippen molar-refractivity contribution in [2.75, 3.05) is 19.8 Å². The molecule has 0 aliphatic rings. The van der Waals surface area contributed by atoms with E-state index in [1.807, 2.05) is 0 Å². The Bertz CT molecular complexity index is 2200. The molecule has 300 valence electrons. The van der Waals surface area contributed by atoms with E-state index in [1.54, 1.807) is 49.4 Å². The number of hydrogen-bond acceptors (Lipinski definition) is 11. The zero-order chi connectivity index (χ0) is 42.4. The zero-order valence-corrected chi connectivity index (χ0v) is 32.6. The summed E-state index contributed by atoms with van der Waals surface area (Å²) in [7, 11) is 0. The summed E-state index contributed by atoms with van der Waals surface area (Å²) < 4.78 is 47.2. The van der Waals surface area contributed by atoms with Crippen LogP contribution < -0.4 is 18.9 Å². The Labute approximate surface area is 336 Å². The quantitative estimate of drug-likeness (QED) is 0.0543. The largest absolute Gasteiger partial charge is 0.491 e. The third-order valence-electron chi connectivity index (χ3n) is 8.19. The highest BCUT2D eigenvalue weighted by Gasteiger charge is 2.18. The predicted molar refractivity (Wildman–Crippen MR) is 215 cm³/mol. The molecule has 0 heterocycles. The summed E-state index contributed by atoms with van der Waals surface area (Å²) >= 11 is 0. The second kappa shape index (κ2) is 20.7. The van der Waals surface area contributed by atoms with Gasteiger partial charge in [0.05, 0.1) is 25.4 Å². The van der Waals surface area contributed by atoms with Crippen LogP contribution in [0.25, 0.3) is 17.2 Å². The average Bonchev–Trinajstić information content (AvgIpc) is 3.19. The lowest BCUT2D eigenvalue weighted by atomic mass is 10.0.